The van der Waals surface area contributed by atoms with E-state index in [1.165, 1.54) is 0 Å². The number of nitrogens with zero attached hydrogens (tertiary/aromatic N) is 2. The Labute approximate surface area is 186 Å². The monoisotopic (exact) mass is 428 g/mol. The molecule has 0 bridgehead atoms. The lowest BCUT2D eigenvalue weighted by Gasteiger charge is -2.10. The number of hydrogen-bond acceptors (Lipinski definition) is 6. The molecule has 0 radical (unpaired) electrons. The van der Waals surface area contributed by atoms with Crippen molar-refractivity contribution in [1.82, 2.24) is 10.3 Å². The smallest absolute Gasteiger partial charge is 0.253 e. The van der Waals surface area contributed by atoms with E-state index in [4.69, 9.17) is 4.74 Å². The van der Waals surface area contributed by atoms with E-state index >= 15 is 0 Å². The topological polar surface area (TPSA) is 95.8 Å². The van der Waals surface area contributed by atoms with Crippen LogP contribution in [-0.4, -0.2) is 41.5 Å². The number of benzene rings is 2. The molecule has 0 saturated carbocycles. The lowest BCUT2D eigenvalue weighted by Crippen LogP contribution is -2.20. The molecule has 0 atom stereocenters. The SMILES string of the molecule is Cc1cccc(NC(=O)/C(=C/c2cccc(Oc3ccnc(C4=NCCN4)c3)c2)CO)c1. The quantitative estimate of drug-likeness (QED) is 0.500. The number of amides is 1. The molecule has 0 saturated heterocycles. The number of ether oxygens (including phenoxy) is 1. The number of pyridine rings is 1. The highest BCUT2D eigenvalue weighted by Gasteiger charge is 2.12. The predicted molar refractivity (Wildman–Crippen MR) is 125 cm³/mol. The zero-order valence-corrected chi connectivity index (χ0v) is 17.7. The average Bonchev–Trinajstić information content (AvgIpc) is 3.33. The van der Waals surface area contributed by atoms with Crippen molar-refractivity contribution in [2.24, 2.45) is 4.99 Å². The molecule has 1 aromatic heterocycles. The zero-order chi connectivity index (χ0) is 22.3. The minimum absolute atomic E-state index is 0.250. The number of hydrogen-bond donors (Lipinski definition) is 3. The van der Waals surface area contributed by atoms with Gasteiger partial charge in [-0.2, -0.15) is 0 Å². The number of amidine groups is 1. The standard InChI is InChI=1S/C25H24N4O3/c1-17-4-2-6-20(12-17)29-25(31)19(16-30)13-18-5-3-7-21(14-18)32-22-8-9-26-23(15-22)24-27-10-11-28-24/h2-9,12-15,30H,10-11,16H2,1H3,(H,27,28)(H,29,31)/b19-13+. The van der Waals surface area contributed by atoms with Gasteiger partial charge in [0.2, 0.25) is 0 Å². The minimum Gasteiger partial charge on any atom is -0.457 e. The van der Waals surface area contributed by atoms with E-state index in [1.54, 1.807) is 24.4 Å². The molecule has 2 aromatic carbocycles. The van der Waals surface area contributed by atoms with E-state index in [9.17, 15) is 9.90 Å². The molecule has 4 rings (SSSR count). The van der Waals surface area contributed by atoms with Crippen LogP contribution in [0.2, 0.25) is 0 Å². The molecule has 1 aliphatic rings. The number of carbonyl (C=O) groups excluding carboxylic acids is 1. The number of nitrogens with one attached hydrogen (secondary N) is 2. The summed E-state index contributed by atoms with van der Waals surface area (Å²) in [6, 6.07) is 18.4. The molecule has 32 heavy (non-hydrogen) atoms. The van der Waals surface area contributed by atoms with E-state index in [2.05, 4.69) is 20.6 Å². The van der Waals surface area contributed by atoms with Gasteiger partial charge in [-0.05, 0) is 54.5 Å². The van der Waals surface area contributed by atoms with Crippen LogP contribution in [0.5, 0.6) is 11.5 Å². The summed E-state index contributed by atoms with van der Waals surface area (Å²) >= 11 is 0. The van der Waals surface area contributed by atoms with Crippen LogP contribution >= 0.6 is 0 Å². The van der Waals surface area contributed by atoms with Crippen LogP contribution in [0, 0.1) is 6.92 Å². The molecule has 0 spiro atoms. The van der Waals surface area contributed by atoms with Gasteiger partial charge in [-0.15, -0.1) is 0 Å². The maximum absolute atomic E-state index is 12.6. The fraction of sp³-hybridized carbons (Fsp3) is 0.160. The van der Waals surface area contributed by atoms with E-state index in [-0.39, 0.29) is 18.1 Å². The molecule has 0 fully saturated rings. The third kappa shape index (κ3) is 5.39. The van der Waals surface area contributed by atoms with Crippen LogP contribution in [0.25, 0.3) is 6.08 Å². The van der Waals surface area contributed by atoms with Gasteiger partial charge < -0.3 is 20.5 Å². The van der Waals surface area contributed by atoms with Crippen molar-refractivity contribution >= 4 is 23.5 Å². The third-order valence-corrected chi connectivity index (χ3v) is 4.82. The van der Waals surface area contributed by atoms with Crippen LogP contribution < -0.4 is 15.4 Å². The highest BCUT2D eigenvalue weighted by atomic mass is 16.5. The van der Waals surface area contributed by atoms with Crippen LogP contribution in [0.3, 0.4) is 0 Å². The summed E-state index contributed by atoms with van der Waals surface area (Å²) in [6.07, 6.45) is 3.32. The lowest BCUT2D eigenvalue weighted by atomic mass is 10.1. The van der Waals surface area contributed by atoms with Crippen molar-refractivity contribution in [3.8, 4) is 11.5 Å². The second-order valence-corrected chi connectivity index (χ2v) is 7.36. The van der Waals surface area contributed by atoms with Gasteiger partial charge in [-0.1, -0.05) is 24.3 Å². The van der Waals surface area contributed by atoms with Crippen molar-refractivity contribution < 1.29 is 14.6 Å². The Morgan fingerprint density at radius 3 is 2.78 bits per heavy atom. The zero-order valence-electron chi connectivity index (χ0n) is 17.7. The molecular weight excluding hydrogens is 404 g/mol. The molecule has 1 amide bonds. The Kier molecular flexibility index (Phi) is 6.57. The van der Waals surface area contributed by atoms with Crippen LogP contribution in [0.4, 0.5) is 5.69 Å². The van der Waals surface area contributed by atoms with Crippen molar-refractivity contribution in [2.45, 2.75) is 6.92 Å². The summed E-state index contributed by atoms with van der Waals surface area (Å²) in [5.74, 6) is 1.65. The molecule has 0 unspecified atom stereocenters. The molecule has 7 heteroatoms. The molecule has 0 aliphatic carbocycles. The maximum atomic E-state index is 12.6. The second-order valence-electron chi connectivity index (χ2n) is 7.36. The van der Waals surface area contributed by atoms with Crippen LogP contribution in [-0.2, 0) is 4.79 Å². The minimum atomic E-state index is -0.383. The number of aliphatic imine (C=N–C) groups is 1. The van der Waals surface area contributed by atoms with Crippen LogP contribution in [0.15, 0.2) is 77.4 Å². The van der Waals surface area contributed by atoms with E-state index < -0.39 is 0 Å². The van der Waals surface area contributed by atoms with Gasteiger partial charge in [0.05, 0.1) is 13.2 Å². The molecule has 7 nitrogen and oxygen atoms in total. The fourth-order valence-corrected chi connectivity index (χ4v) is 3.30. The molecular formula is C25H24N4O3. The first-order chi connectivity index (χ1) is 15.6. The van der Waals surface area contributed by atoms with Gasteiger partial charge in [-0.25, -0.2) is 0 Å². The van der Waals surface area contributed by atoms with Gasteiger partial charge in [0.25, 0.3) is 5.91 Å². The molecule has 162 valence electrons. The Hall–Kier alpha value is -3.97. The van der Waals surface area contributed by atoms with Crippen molar-refractivity contribution in [3.05, 3.63) is 89.3 Å². The summed E-state index contributed by atoms with van der Waals surface area (Å²) in [7, 11) is 0. The number of aromatic nitrogens is 1. The largest absolute Gasteiger partial charge is 0.457 e. The number of carbonyl (C=O) groups is 1. The second kappa shape index (κ2) is 9.89. The van der Waals surface area contributed by atoms with E-state index in [0.717, 1.165) is 35.7 Å². The first-order valence-electron chi connectivity index (χ1n) is 10.3. The molecule has 2 heterocycles. The van der Waals surface area contributed by atoms with Gasteiger partial charge >= 0.3 is 0 Å². The van der Waals surface area contributed by atoms with Gasteiger partial charge in [0.15, 0.2) is 0 Å². The van der Waals surface area contributed by atoms with Gasteiger partial charge in [0.1, 0.15) is 23.0 Å². The van der Waals surface area contributed by atoms with E-state index in [0.29, 0.717) is 17.2 Å². The van der Waals surface area contributed by atoms with Crippen molar-refractivity contribution in [2.75, 3.05) is 25.0 Å². The van der Waals surface area contributed by atoms with E-state index in [1.807, 2.05) is 55.5 Å². The number of rotatable bonds is 7. The van der Waals surface area contributed by atoms with Crippen molar-refractivity contribution in [3.63, 3.8) is 0 Å². The number of anilines is 1. The van der Waals surface area contributed by atoms with Crippen LogP contribution in [0.1, 0.15) is 16.8 Å². The first kappa shape index (κ1) is 21.3. The molecule has 1 aliphatic heterocycles. The number of aliphatic hydroxyl groups is 1. The van der Waals surface area contributed by atoms with Gasteiger partial charge in [-0.3, -0.25) is 14.8 Å². The average molecular weight is 428 g/mol. The van der Waals surface area contributed by atoms with Crippen molar-refractivity contribution in [1.29, 1.82) is 0 Å². The number of aliphatic hydroxyl groups excluding tert-OH is 1. The molecule has 3 N–H and O–H groups in total. The summed E-state index contributed by atoms with van der Waals surface area (Å²) in [5.41, 5.74) is 3.44. The Morgan fingerprint density at radius 2 is 2.00 bits per heavy atom. The lowest BCUT2D eigenvalue weighted by molar-refractivity contribution is -0.113. The predicted octanol–water partition coefficient (Wildman–Crippen LogP) is 3.55. The maximum Gasteiger partial charge on any atom is 0.253 e. The fourth-order valence-electron chi connectivity index (χ4n) is 3.30. The Balaban J connectivity index is 1.49. The first-order valence-corrected chi connectivity index (χ1v) is 10.3. The van der Waals surface area contributed by atoms with Gasteiger partial charge in [0, 0.05) is 30.1 Å². The normalized spacial score (nSPS) is 13.3. The highest BCUT2D eigenvalue weighted by molar-refractivity contribution is 6.07. The highest BCUT2D eigenvalue weighted by Crippen LogP contribution is 2.24. The number of aryl methyl sites for hydroxylation is 1. The summed E-state index contributed by atoms with van der Waals surface area (Å²) in [6.45, 7) is 3.11. The third-order valence-electron chi connectivity index (χ3n) is 4.82. The summed E-state index contributed by atoms with van der Waals surface area (Å²) in [5, 5.41) is 15.8. The summed E-state index contributed by atoms with van der Waals surface area (Å²) < 4.78 is 5.99. The Morgan fingerprint density at radius 1 is 1.16 bits per heavy atom. The summed E-state index contributed by atoms with van der Waals surface area (Å²) in [4.78, 5) is 21.3. The Bertz CT molecular complexity index is 1190. The molecule has 3 aromatic rings.